The van der Waals surface area contributed by atoms with Crippen molar-refractivity contribution in [2.75, 3.05) is 13.8 Å². The normalized spacial score (nSPS) is 16.0. The molecule has 0 saturated carbocycles. The monoisotopic (exact) mass is 374 g/mol. The average molecular weight is 374 g/mol. The SMILES string of the molecule is COc1cccc(C[NH+]2COc3ccc4c(oc(=O)c5ccccc54)c3C2)c1. The highest BCUT2D eigenvalue weighted by atomic mass is 16.5. The van der Waals surface area contributed by atoms with Gasteiger partial charge in [0.1, 0.15) is 24.6 Å². The summed E-state index contributed by atoms with van der Waals surface area (Å²) in [6, 6.07) is 19.6. The third-order valence-electron chi connectivity index (χ3n) is 5.30. The first-order valence-electron chi connectivity index (χ1n) is 9.29. The van der Waals surface area contributed by atoms with Gasteiger partial charge in [0.05, 0.1) is 18.1 Å². The van der Waals surface area contributed by atoms with E-state index < -0.39 is 0 Å². The van der Waals surface area contributed by atoms with Crippen molar-refractivity contribution in [3.8, 4) is 11.5 Å². The molecule has 3 aromatic carbocycles. The standard InChI is InChI=1S/C23H19NO4/c1-26-16-6-4-5-15(11-16)12-24-13-20-21(27-14-24)10-9-18-17-7-2-3-8-19(17)23(25)28-22(18)20/h2-11H,12-14H2,1H3/p+1. The summed E-state index contributed by atoms with van der Waals surface area (Å²) in [5.41, 5.74) is 2.44. The summed E-state index contributed by atoms with van der Waals surface area (Å²) in [4.78, 5) is 13.7. The van der Waals surface area contributed by atoms with Gasteiger partial charge in [-0.15, -0.1) is 0 Å². The van der Waals surface area contributed by atoms with Gasteiger partial charge in [-0.1, -0.05) is 30.3 Å². The van der Waals surface area contributed by atoms with E-state index in [1.165, 1.54) is 10.5 Å². The number of quaternary nitrogens is 1. The van der Waals surface area contributed by atoms with Crippen LogP contribution in [0.2, 0.25) is 0 Å². The molecule has 0 spiro atoms. The molecule has 0 amide bonds. The van der Waals surface area contributed by atoms with Crippen LogP contribution in [-0.2, 0) is 13.1 Å². The Kier molecular flexibility index (Phi) is 4.02. The van der Waals surface area contributed by atoms with Crippen LogP contribution in [0.3, 0.4) is 0 Å². The number of rotatable bonds is 3. The molecule has 4 aromatic rings. The van der Waals surface area contributed by atoms with E-state index in [-0.39, 0.29) is 5.63 Å². The van der Waals surface area contributed by atoms with E-state index in [9.17, 15) is 4.79 Å². The molecular formula is C23H20NO4+. The molecule has 1 aliphatic heterocycles. The Labute approximate surface area is 161 Å². The lowest BCUT2D eigenvalue weighted by Gasteiger charge is -2.26. The van der Waals surface area contributed by atoms with Crippen LogP contribution in [0.4, 0.5) is 0 Å². The van der Waals surface area contributed by atoms with Gasteiger partial charge in [-0.25, -0.2) is 4.79 Å². The maximum atomic E-state index is 12.5. The first-order chi connectivity index (χ1) is 13.7. The maximum Gasteiger partial charge on any atom is 0.344 e. The van der Waals surface area contributed by atoms with Gasteiger partial charge in [0, 0.05) is 10.9 Å². The largest absolute Gasteiger partial charge is 0.497 e. The van der Waals surface area contributed by atoms with E-state index in [1.807, 2.05) is 48.5 Å². The molecule has 5 heteroatoms. The number of ether oxygens (including phenoxy) is 2. The third-order valence-corrected chi connectivity index (χ3v) is 5.30. The predicted octanol–water partition coefficient (Wildman–Crippen LogP) is 2.89. The zero-order valence-corrected chi connectivity index (χ0v) is 15.5. The fourth-order valence-electron chi connectivity index (χ4n) is 3.95. The molecule has 28 heavy (non-hydrogen) atoms. The Balaban J connectivity index is 1.56. The number of benzene rings is 3. The van der Waals surface area contributed by atoms with Gasteiger partial charge in [0.15, 0.2) is 5.58 Å². The van der Waals surface area contributed by atoms with Crippen LogP contribution >= 0.6 is 0 Å². The molecule has 0 fully saturated rings. The van der Waals surface area contributed by atoms with E-state index >= 15 is 0 Å². The fraction of sp³-hybridized carbons (Fsp3) is 0.174. The number of fused-ring (bicyclic) bond motifs is 5. The number of nitrogens with one attached hydrogen (secondary N) is 1. The van der Waals surface area contributed by atoms with Crippen molar-refractivity contribution in [3.05, 3.63) is 82.2 Å². The predicted molar refractivity (Wildman–Crippen MR) is 107 cm³/mol. The van der Waals surface area contributed by atoms with Crippen LogP contribution in [0, 0.1) is 0 Å². The highest BCUT2D eigenvalue weighted by Crippen LogP contribution is 2.32. The van der Waals surface area contributed by atoms with Gasteiger partial charge < -0.3 is 13.9 Å². The van der Waals surface area contributed by atoms with Crippen LogP contribution in [0.5, 0.6) is 11.5 Å². The zero-order valence-electron chi connectivity index (χ0n) is 15.5. The summed E-state index contributed by atoms with van der Waals surface area (Å²) in [5.74, 6) is 1.64. The Hall–Kier alpha value is -3.31. The van der Waals surface area contributed by atoms with Crippen LogP contribution in [0.1, 0.15) is 11.1 Å². The van der Waals surface area contributed by atoms with Gasteiger partial charge in [-0.2, -0.15) is 0 Å². The first kappa shape index (κ1) is 16.8. The van der Waals surface area contributed by atoms with Crippen molar-refractivity contribution in [1.29, 1.82) is 0 Å². The second kappa shape index (κ2) is 6.69. The van der Waals surface area contributed by atoms with E-state index in [1.54, 1.807) is 13.2 Å². The number of methoxy groups -OCH3 is 1. The molecule has 1 aromatic heterocycles. The molecule has 140 valence electrons. The van der Waals surface area contributed by atoms with Crippen LogP contribution in [0.25, 0.3) is 21.7 Å². The topological polar surface area (TPSA) is 53.1 Å². The van der Waals surface area contributed by atoms with Gasteiger partial charge in [-0.3, -0.25) is 4.90 Å². The molecule has 1 N–H and O–H groups in total. The lowest BCUT2D eigenvalue weighted by Crippen LogP contribution is -3.10. The third kappa shape index (κ3) is 2.80. The van der Waals surface area contributed by atoms with Crippen molar-refractivity contribution < 1.29 is 18.8 Å². The zero-order chi connectivity index (χ0) is 19.1. The molecular weight excluding hydrogens is 354 g/mol. The summed E-state index contributed by atoms with van der Waals surface area (Å²) in [7, 11) is 1.67. The second-order valence-corrected chi connectivity index (χ2v) is 7.10. The van der Waals surface area contributed by atoms with Gasteiger partial charge in [0.25, 0.3) is 0 Å². The number of hydrogen-bond acceptors (Lipinski definition) is 4. The summed E-state index contributed by atoms with van der Waals surface area (Å²) in [6.45, 7) is 2.09. The summed E-state index contributed by atoms with van der Waals surface area (Å²) < 4.78 is 17.1. The minimum Gasteiger partial charge on any atom is -0.497 e. The summed E-state index contributed by atoms with van der Waals surface area (Å²) in [6.07, 6.45) is 0. The lowest BCUT2D eigenvalue weighted by atomic mass is 10.0. The van der Waals surface area contributed by atoms with Gasteiger partial charge >= 0.3 is 5.63 Å². The second-order valence-electron chi connectivity index (χ2n) is 7.10. The maximum absolute atomic E-state index is 12.5. The van der Waals surface area contributed by atoms with E-state index in [0.29, 0.717) is 17.7 Å². The van der Waals surface area contributed by atoms with Gasteiger partial charge in [0.2, 0.25) is 6.73 Å². The minimum atomic E-state index is -0.309. The van der Waals surface area contributed by atoms with E-state index in [2.05, 4.69) is 6.07 Å². The molecule has 5 nitrogen and oxygen atoms in total. The highest BCUT2D eigenvalue weighted by Gasteiger charge is 2.25. The smallest absolute Gasteiger partial charge is 0.344 e. The number of hydrogen-bond donors (Lipinski definition) is 1. The lowest BCUT2D eigenvalue weighted by molar-refractivity contribution is -0.945. The quantitative estimate of drug-likeness (QED) is 0.443. The Morgan fingerprint density at radius 2 is 1.86 bits per heavy atom. The van der Waals surface area contributed by atoms with Crippen LogP contribution < -0.4 is 20.0 Å². The Morgan fingerprint density at radius 1 is 1.00 bits per heavy atom. The molecule has 5 rings (SSSR count). The van der Waals surface area contributed by atoms with Crippen molar-refractivity contribution in [3.63, 3.8) is 0 Å². The molecule has 0 radical (unpaired) electrons. The highest BCUT2D eigenvalue weighted by molar-refractivity contribution is 6.05. The van der Waals surface area contributed by atoms with Crippen molar-refractivity contribution in [2.45, 2.75) is 13.1 Å². The van der Waals surface area contributed by atoms with Crippen molar-refractivity contribution in [2.24, 2.45) is 0 Å². The van der Waals surface area contributed by atoms with E-state index in [0.717, 1.165) is 40.9 Å². The molecule has 0 aliphatic carbocycles. The van der Waals surface area contributed by atoms with Crippen molar-refractivity contribution >= 4 is 21.7 Å². The molecule has 1 unspecified atom stereocenters. The Bertz CT molecular complexity index is 1240. The van der Waals surface area contributed by atoms with Crippen LogP contribution in [0.15, 0.2) is 69.9 Å². The minimum absolute atomic E-state index is 0.309. The molecule has 0 bridgehead atoms. The first-order valence-corrected chi connectivity index (χ1v) is 9.29. The fourth-order valence-corrected chi connectivity index (χ4v) is 3.95. The Morgan fingerprint density at radius 3 is 2.71 bits per heavy atom. The molecule has 0 saturated heterocycles. The van der Waals surface area contributed by atoms with Crippen LogP contribution in [-0.4, -0.2) is 13.8 Å². The van der Waals surface area contributed by atoms with Crippen molar-refractivity contribution in [1.82, 2.24) is 0 Å². The van der Waals surface area contributed by atoms with Gasteiger partial charge in [-0.05, 0) is 35.7 Å². The molecule has 1 aliphatic rings. The average Bonchev–Trinajstić information content (AvgIpc) is 2.74. The summed E-state index contributed by atoms with van der Waals surface area (Å²) in [5, 5.41) is 2.46. The molecule has 1 atom stereocenters. The summed E-state index contributed by atoms with van der Waals surface area (Å²) >= 11 is 0. The van der Waals surface area contributed by atoms with E-state index in [4.69, 9.17) is 13.9 Å². The molecule has 2 heterocycles.